The Labute approximate surface area is 250 Å². The van der Waals surface area contributed by atoms with E-state index >= 15 is 0 Å². The number of carbonyl (C=O) groups is 1. The summed E-state index contributed by atoms with van der Waals surface area (Å²) in [7, 11) is -2.50. The second-order valence-electron chi connectivity index (χ2n) is 8.78. The largest absolute Gasteiger partial charge is 0.497 e. The maximum atomic E-state index is 13.7. The molecule has 4 aromatic rings. The molecule has 0 saturated carbocycles. The number of ether oxygens (including phenoxy) is 1. The fourth-order valence-corrected chi connectivity index (χ4v) is 6.24. The predicted molar refractivity (Wildman–Crippen MR) is 159 cm³/mol. The number of hydrogen-bond donors (Lipinski definition) is 0. The molecular weight excluding hydrogens is 594 g/mol. The Bertz CT molecular complexity index is 1840. The van der Waals surface area contributed by atoms with Gasteiger partial charge in [-0.2, -0.15) is 24.9 Å². The van der Waals surface area contributed by atoms with Gasteiger partial charge in [-0.15, -0.1) is 0 Å². The highest BCUT2D eigenvalue weighted by atomic mass is 32.2. The zero-order chi connectivity index (χ0) is 31.0. The monoisotopic (exact) mass is 617 g/mol. The van der Waals surface area contributed by atoms with Crippen molar-refractivity contribution in [3.05, 3.63) is 88.0 Å². The number of thiazole rings is 1. The third kappa shape index (κ3) is 7.17. The lowest BCUT2D eigenvalue weighted by Gasteiger charge is -2.20. The van der Waals surface area contributed by atoms with E-state index in [4.69, 9.17) is 15.3 Å². The zero-order valence-corrected chi connectivity index (χ0v) is 24.3. The molecule has 0 saturated heterocycles. The van der Waals surface area contributed by atoms with Crippen LogP contribution in [0.2, 0.25) is 0 Å². The molecule has 0 N–H and O–H groups in total. The van der Waals surface area contributed by atoms with Crippen LogP contribution < -0.4 is 9.75 Å². The number of aromatic nitrogens is 1. The van der Waals surface area contributed by atoms with Gasteiger partial charge >= 0.3 is 0 Å². The van der Waals surface area contributed by atoms with Crippen molar-refractivity contribution in [2.45, 2.75) is 17.7 Å². The highest BCUT2D eigenvalue weighted by Crippen LogP contribution is 2.32. The number of methoxy groups -OCH3 is 1. The lowest BCUT2D eigenvalue weighted by molar-refractivity contribution is -0.384. The Morgan fingerprint density at radius 3 is 2.30 bits per heavy atom. The third-order valence-electron chi connectivity index (χ3n) is 6.07. The topological polar surface area (TPSA) is 183 Å². The average Bonchev–Trinajstić information content (AvgIpc) is 3.44. The normalized spacial score (nSPS) is 11.3. The van der Waals surface area contributed by atoms with Crippen molar-refractivity contribution in [1.29, 1.82) is 10.5 Å². The molecule has 0 aliphatic heterocycles. The number of sulfonamides is 1. The maximum absolute atomic E-state index is 13.7. The summed E-state index contributed by atoms with van der Waals surface area (Å²) in [5.74, 6) is -0.00992. The van der Waals surface area contributed by atoms with Crippen molar-refractivity contribution in [3.63, 3.8) is 0 Å². The van der Waals surface area contributed by atoms with Crippen LogP contribution in [0, 0.1) is 32.8 Å². The van der Waals surface area contributed by atoms with Crippen molar-refractivity contribution < 1.29 is 22.9 Å². The highest BCUT2D eigenvalue weighted by molar-refractivity contribution is 7.89. The maximum Gasteiger partial charge on any atom is 0.280 e. The Balaban J connectivity index is 1.69. The summed E-state index contributed by atoms with van der Waals surface area (Å²) in [5, 5.41) is 34.5. The summed E-state index contributed by atoms with van der Waals surface area (Å²) in [4.78, 5) is 28.6. The molecule has 1 aromatic heterocycles. The number of hydrazone groups is 1. The molecule has 15 heteroatoms. The van der Waals surface area contributed by atoms with Gasteiger partial charge in [-0.3, -0.25) is 14.9 Å². The van der Waals surface area contributed by atoms with Gasteiger partial charge in [0.15, 0.2) is 0 Å². The molecule has 43 heavy (non-hydrogen) atoms. The van der Waals surface area contributed by atoms with Gasteiger partial charge in [0.25, 0.3) is 11.6 Å². The SMILES string of the molecule is COc1ccc2nc(N(/N=C/c3ccc([N+](=O)[O-])cc3)C(=O)c3ccc(S(=O)(=O)N(CCC#N)CCC#N)cc3)sc2c1. The molecule has 3 aromatic carbocycles. The number of non-ortho nitro benzene ring substituents is 1. The van der Waals surface area contributed by atoms with Gasteiger partial charge in [-0.25, -0.2) is 13.4 Å². The molecule has 1 heterocycles. The van der Waals surface area contributed by atoms with E-state index < -0.39 is 20.9 Å². The van der Waals surface area contributed by atoms with Crippen molar-refractivity contribution in [2.75, 3.05) is 25.2 Å². The van der Waals surface area contributed by atoms with Crippen LogP contribution in [-0.2, 0) is 10.0 Å². The van der Waals surface area contributed by atoms with E-state index in [-0.39, 0.29) is 47.2 Å². The second kappa shape index (κ2) is 13.6. The zero-order valence-electron chi connectivity index (χ0n) is 22.7. The van der Waals surface area contributed by atoms with Crippen LogP contribution in [0.3, 0.4) is 0 Å². The summed E-state index contributed by atoms with van der Waals surface area (Å²) >= 11 is 1.18. The first kappa shape index (κ1) is 30.7. The molecule has 0 aliphatic carbocycles. The molecule has 1 amide bonds. The Kier molecular flexibility index (Phi) is 9.74. The Morgan fingerprint density at radius 1 is 1.07 bits per heavy atom. The number of fused-ring (bicyclic) bond motifs is 1. The summed E-state index contributed by atoms with van der Waals surface area (Å²) in [5.41, 5.74) is 1.10. The molecule has 0 spiro atoms. The number of rotatable bonds is 12. The molecule has 0 bridgehead atoms. The summed E-state index contributed by atoms with van der Waals surface area (Å²) in [6, 6.07) is 19.9. The van der Waals surface area contributed by atoms with E-state index in [0.717, 1.165) is 14.0 Å². The van der Waals surface area contributed by atoms with Gasteiger partial charge in [0.05, 0.1) is 45.5 Å². The quantitative estimate of drug-likeness (QED) is 0.123. The smallest absolute Gasteiger partial charge is 0.280 e. The molecule has 4 rings (SSSR count). The molecule has 0 aliphatic rings. The van der Waals surface area contributed by atoms with Gasteiger partial charge in [0.2, 0.25) is 15.2 Å². The van der Waals surface area contributed by atoms with Gasteiger partial charge in [-0.1, -0.05) is 11.3 Å². The van der Waals surface area contributed by atoms with Crippen molar-refractivity contribution in [1.82, 2.24) is 9.29 Å². The van der Waals surface area contributed by atoms with E-state index in [1.54, 1.807) is 18.2 Å². The molecule has 0 radical (unpaired) electrons. The van der Waals surface area contributed by atoms with E-state index in [2.05, 4.69) is 10.1 Å². The number of carbonyl (C=O) groups excluding carboxylic acids is 1. The number of nitriles is 2. The minimum Gasteiger partial charge on any atom is -0.497 e. The first-order chi connectivity index (χ1) is 20.7. The number of amides is 1. The van der Waals surface area contributed by atoms with Gasteiger partial charge in [0, 0.05) is 43.6 Å². The second-order valence-corrected chi connectivity index (χ2v) is 11.7. The first-order valence-electron chi connectivity index (χ1n) is 12.6. The van der Waals surface area contributed by atoms with Crippen molar-refractivity contribution in [3.8, 4) is 17.9 Å². The lowest BCUT2D eigenvalue weighted by atomic mass is 10.2. The number of nitrogens with zero attached hydrogens (tertiary/aromatic N) is 7. The highest BCUT2D eigenvalue weighted by Gasteiger charge is 2.26. The number of nitro benzene ring substituents is 1. The fraction of sp³-hybridized carbons (Fsp3) is 0.179. The van der Waals surface area contributed by atoms with Gasteiger partial charge in [-0.05, 0) is 60.2 Å². The Hall–Kier alpha value is -5.22. The van der Waals surface area contributed by atoms with E-state index in [1.807, 2.05) is 12.1 Å². The number of benzene rings is 3. The molecule has 0 atom stereocenters. The van der Waals surface area contributed by atoms with Crippen LogP contribution in [0.25, 0.3) is 10.2 Å². The number of anilines is 1. The van der Waals surface area contributed by atoms with Crippen LogP contribution in [-0.4, -0.2) is 55.0 Å². The van der Waals surface area contributed by atoms with Crippen LogP contribution in [0.15, 0.2) is 76.7 Å². The summed E-state index contributed by atoms with van der Waals surface area (Å²) in [6.07, 6.45) is 1.27. The van der Waals surface area contributed by atoms with Crippen molar-refractivity contribution in [2.24, 2.45) is 5.10 Å². The first-order valence-corrected chi connectivity index (χ1v) is 14.8. The summed E-state index contributed by atoms with van der Waals surface area (Å²) in [6.45, 7) is -0.149. The van der Waals surface area contributed by atoms with Gasteiger partial charge < -0.3 is 4.74 Å². The molecule has 13 nitrogen and oxygen atoms in total. The standard InChI is InChI=1S/C28H23N7O6S2/c1-41-23-10-13-25-26(18-23)42-28(32-25)34(31-19-20-4-8-22(9-5-20)35(37)38)27(36)21-6-11-24(12-7-21)43(39,40)33(16-2-14-29)17-3-15-30/h4-13,18-19H,2-3,16-17H2,1H3/b31-19+. The summed E-state index contributed by atoms with van der Waals surface area (Å²) < 4.78 is 33.4. The molecular formula is C28H23N7O6S2. The predicted octanol–water partition coefficient (Wildman–Crippen LogP) is 4.71. The number of hydrogen-bond acceptors (Lipinski definition) is 11. The van der Waals surface area contributed by atoms with E-state index in [9.17, 15) is 23.3 Å². The van der Waals surface area contributed by atoms with Crippen LogP contribution in [0.1, 0.15) is 28.8 Å². The van der Waals surface area contributed by atoms with E-state index in [1.165, 1.54) is 73.2 Å². The third-order valence-corrected chi connectivity index (χ3v) is 8.98. The van der Waals surface area contributed by atoms with Crippen molar-refractivity contribution >= 4 is 54.5 Å². The van der Waals surface area contributed by atoms with Crippen LogP contribution in [0.5, 0.6) is 5.75 Å². The minimum absolute atomic E-state index is 0.0446. The van der Waals surface area contributed by atoms with Gasteiger partial charge in [0.1, 0.15) is 5.75 Å². The van der Waals surface area contributed by atoms with Crippen LogP contribution >= 0.6 is 11.3 Å². The fourth-order valence-electron chi connectivity index (χ4n) is 3.85. The minimum atomic E-state index is -4.03. The number of nitro groups is 1. The molecule has 0 unspecified atom stereocenters. The average molecular weight is 618 g/mol. The Morgan fingerprint density at radius 2 is 1.72 bits per heavy atom. The lowest BCUT2D eigenvalue weighted by Crippen LogP contribution is -2.33. The molecule has 0 fully saturated rings. The van der Waals surface area contributed by atoms with Crippen LogP contribution in [0.4, 0.5) is 10.8 Å². The molecule has 218 valence electrons. The van der Waals surface area contributed by atoms with E-state index in [0.29, 0.717) is 16.8 Å².